The van der Waals surface area contributed by atoms with Crippen molar-refractivity contribution in [3.63, 3.8) is 0 Å². The van der Waals surface area contributed by atoms with Crippen LogP contribution in [0, 0.1) is 5.82 Å². The van der Waals surface area contributed by atoms with Gasteiger partial charge >= 0.3 is 0 Å². The lowest BCUT2D eigenvalue weighted by Crippen LogP contribution is -2.42. The molecule has 1 fully saturated rings. The van der Waals surface area contributed by atoms with Gasteiger partial charge in [0.1, 0.15) is 5.82 Å². The molecule has 2 heterocycles. The Morgan fingerprint density at radius 2 is 2.15 bits per heavy atom. The van der Waals surface area contributed by atoms with Crippen LogP contribution in [0.5, 0.6) is 0 Å². The molecule has 1 aromatic carbocycles. The van der Waals surface area contributed by atoms with Crippen molar-refractivity contribution >= 4 is 0 Å². The summed E-state index contributed by atoms with van der Waals surface area (Å²) in [4.78, 5) is 8.39. The summed E-state index contributed by atoms with van der Waals surface area (Å²) in [6.07, 6.45) is 3.97. The molecule has 1 aliphatic heterocycles. The average Bonchev–Trinajstić information content (AvgIpc) is 2.51. The molecule has 104 valence electrons. The first-order valence-electron chi connectivity index (χ1n) is 6.70. The maximum absolute atomic E-state index is 13.9. The summed E-state index contributed by atoms with van der Waals surface area (Å²) >= 11 is 0. The van der Waals surface area contributed by atoms with Gasteiger partial charge in [-0.25, -0.2) is 14.4 Å². The first kappa shape index (κ1) is 13.1. The van der Waals surface area contributed by atoms with Crippen molar-refractivity contribution in [2.24, 2.45) is 0 Å². The van der Waals surface area contributed by atoms with Crippen LogP contribution in [0.3, 0.4) is 0 Å². The van der Waals surface area contributed by atoms with E-state index in [9.17, 15) is 4.39 Å². The molecule has 1 saturated heterocycles. The molecule has 1 atom stereocenters. The monoisotopic (exact) mass is 273 g/mol. The van der Waals surface area contributed by atoms with E-state index in [0.717, 1.165) is 18.7 Å². The average molecular weight is 273 g/mol. The second-order valence-electron chi connectivity index (χ2n) is 4.81. The number of morpholine rings is 1. The van der Waals surface area contributed by atoms with Gasteiger partial charge in [0.15, 0.2) is 5.82 Å². The third kappa shape index (κ3) is 3.00. The molecular formula is C15H16FN3O. The SMILES string of the molecule is Fc1ccc(-c2ncccn2)cc1CC1COCCN1. The highest BCUT2D eigenvalue weighted by atomic mass is 19.1. The normalized spacial score (nSPS) is 18.9. The molecular weight excluding hydrogens is 257 g/mol. The van der Waals surface area contributed by atoms with Crippen LogP contribution in [0.1, 0.15) is 5.56 Å². The lowest BCUT2D eigenvalue weighted by molar-refractivity contribution is 0.0767. The zero-order valence-electron chi connectivity index (χ0n) is 11.1. The molecule has 0 bridgehead atoms. The third-order valence-electron chi connectivity index (χ3n) is 3.33. The molecule has 1 aromatic heterocycles. The van der Waals surface area contributed by atoms with Crippen LogP contribution in [0.25, 0.3) is 11.4 Å². The second kappa shape index (κ2) is 6.07. The molecule has 0 radical (unpaired) electrons. The quantitative estimate of drug-likeness (QED) is 0.926. The van der Waals surface area contributed by atoms with E-state index in [-0.39, 0.29) is 11.9 Å². The Morgan fingerprint density at radius 1 is 1.30 bits per heavy atom. The Hall–Kier alpha value is -1.85. The van der Waals surface area contributed by atoms with Crippen LogP contribution in [0.15, 0.2) is 36.7 Å². The predicted molar refractivity (Wildman–Crippen MR) is 73.7 cm³/mol. The number of aromatic nitrogens is 2. The van der Waals surface area contributed by atoms with Gasteiger partial charge in [0, 0.05) is 30.5 Å². The number of hydrogen-bond acceptors (Lipinski definition) is 4. The highest BCUT2D eigenvalue weighted by molar-refractivity contribution is 5.55. The van der Waals surface area contributed by atoms with Crippen molar-refractivity contribution in [3.05, 3.63) is 48.0 Å². The molecule has 0 amide bonds. The van der Waals surface area contributed by atoms with E-state index in [0.29, 0.717) is 24.4 Å². The van der Waals surface area contributed by atoms with Crippen LogP contribution < -0.4 is 5.32 Å². The molecule has 0 saturated carbocycles. The fraction of sp³-hybridized carbons (Fsp3) is 0.333. The highest BCUT2D eigenvalue weighted by Gasteiger charge is 2.16. The standard InChI is InChI=1S/C15H16FN3O/c16-14-3-2-11(15-18-4-1-5-19-15)8-12(14)9-13-10-20-7-6-17-13/h1-5,8,13,17H,6-7,9-10H2. The van der Waals surface area contributed by atoms with E-state index in [1.165, 1.54) is 6.07 Å². The summed E-state index contributed by atoms with van der Waals surface area (Å²) in [7, 11) is 0. The Labute approximate surface area is 117 Å². The van der Waals surface area contributed by atoms with E-state index in [1.807, 2.05) is 6.07 Å². The number of ether oxygens (including phenoxy) is 1. The minimum Gasteiger partial charge on any atom is -0.379 e. The lowest BCUT2D eigenvalue weighted by Gasteiger charge is -2.24. The van der Waals surface area contributed by atoms with Gasteiger partial charge in [-0.15, -0.1) is 0 Å². The molecule has 1 unspecified atom stereocenters. The molecule has 5 heteroatoms. The number of benzene rings is 1. The molecule has 1 aliphatic rings. The molecule has 20 heavy (non-hydrogen) atoms. The largest absolute Gasteiger partial charge is 0.379 e. The van der Waals surface area contributed by atoms with Crippen molar-refractivity contribution in [3.8, 4) is 11.4 Å². The third-order valence-corrected chi connectivity index (χ3v) is 3.33. The Balaban J connectivity index is 1.83. The summed E-state index contributed by atoms with van der Waals surface area (Å²) in [5, 5.41) is 3.33. The molecule has 0 spiro atoms. The van der Waals surface area contributed by atoms with Gasteiger partial charge in [-0.05, 0) is 36.2 Å². The van der Waals surface area contributed by atoms with Crippen molar-refractivity contribution in [1.29, 1.82) is 0 Å². The zero-order chi connectivity index (χ0) is 13.8. The van der Waals surface area contributed by atoms with E-state index < -0.39 is 0 Å². The number of rotatable bonds is 3. The van der Waals surface area contributed by atoms with Crippen molar-refractivity contribution < 1.29 is 9.13 Å². The van der Waals surface area contributed by atoms with Crippen LogP contribution >= 0.6 is 0 Å². The fourth-order valence-corrected chi connectivity index (χ4v) is 2.33. The summed E-state index contributed by atoms with van der Waals surface area (Å²) < 4.78 is 19.3. The van der Waals surface area contributed by atoms with Crippen LogP contribution in [-0.2, 0) is 11.2 Å². The number of halogens is 1. The molecule has 4 nitrogen and oxygen atoms in total. The van der Waals surface area contributed by atoms with Gasteiger partial charge < -0.3 is 10.1 Å². The summed E-state index contributed by atoms with van der Waals surface area (Å²) in [5.41, 5.74) is 1.50. The van der Waals surface area contributed by atoms with Crippen LogP contribution in [0.4, 0.5) is 4.39 Å². The first-order chi connectivity index (χ1) is 9.83. The highest BCUT2D eigenvalue weighted by Crippen LogP contribution is 2.20. The molecule has 3 rings (SSSR count). The minimum atomic E-state index is -0.197. The van der Waals surface area contributed by atoms with Crippen LogP contribution in [0.2, 0.25) is 0 Å². The van der Waals surface area contributed by atoms with Crippen molar-refractivity contribution in [2.45, 2.75) is 12.5 Å². The number of nitrogens with zero attached hydrogens (tertiary/aromatic N) is 2. The fourth-order valence-electron chi connectivity index (χ4n) is 2.33. The maximum Gasteiger partial charge on any atom is 0.159 e. The number of hydrogen-bond donors (Lipinski definition) is 1. The summed E-state index contributed by atoms with van der Waals surface area (Å²) in [6.45, 7) is 2.15. The van der Waals surface area contributed by atoms with Gasteiger partial charge in [-0.3, -0.25) is 0 Å². The van der Waals surface area contributed by atoms with Gasteiger partial charge in [0.25, 0.3) is 0 Å². The van der Waals surface area contributed by atoms with Gasteiger partial charge in [0.2, 0.25) is 0 Å². The summed E-state index contributed by atoms with van der Waals surface area (Å²) in [5.74, 6) is 0.415. The Kier molecular flexibility index (Phi) is 3.99. The smallest absolute Gasteiger partial charge is 0.159 e. The predicted octanol–water partition coefficient (Wildman–Crippen LogP) is 1.81. The Morgan fingerprint density at radius 3 is 2.90 bits per heavy atom. The van der Waals surface area contributed by atoms with E-state index in [1.54, 1.807) is 24.5 Å². The van der Waals surface area contributed by atoms with Crippen molar-refractivity contribution in [1.82, 2.24) is 15.3 Å². The Bertz CT molecular complexity index is 571. The van der Waals surface area contributed by atoms with Crippen LogP contribution in [-0.4, -0.2) is 35.8 Å². The van der Waals surface area contributed by atoms with E-state index in [4.69, 9.17) is 4.74 Å². The van der Waals surface area contributed by atoms with Gasteiger partial charge in [-0.1, -0.05) is 0 Å². The number of nitrogens with one attached hydrogen (secondary N) is 1. The van der Waals surface area contributed by atoms with Gasteiger partial charge in [0.05, 0.1) is 13.2 Å². The van der Waals surface area contributed by atoms with Crippen molar-refractivity contribution in [2.75, 3.05) is 19.8 Å². The second-order valence-corrected chi connectivity index (χ2v) is 4.81. The summed E-state index contributed by atoms with van der Waals surface area (Å²) in [6, 6.07) is 6.92. The minimum absolute atomic E-state index is 0.158. The maximum atomic E-state index is 13.9. The van der Waals surface area contributed by atoms with Gasteiger partial charge in [-0.2, -0.15) is 0 Å². The van der Waals surface area contributed by atoms with E-state index in [2.05, 4.69) is 15.3 Å². The lowest BCUT2D eigenvalue weighted by atomic mass is 10.0. The topological polar surface area (TPSA) is 47.0 Å². The molecule has 0 aliphatic carbocycles. The zero-order valence-corrected chi connectivity index (χ0v) is 11.1. The molecule has 1 N–H and O–H groups in total. The van der Waals surface area contributed by atoms with E-state index >= 15 is 0 Å². The first-order valence-corrected chi connectivity index (χ1v) is 6.70. The molecule has 2 aromatic rings.